The molecule has 0 aliphatic rings. The molecule has 0 saturated heterocycles. The first-order valence-electron chi connectivity index (χ1n) is 2.50. The van der Waals surface area contributed by atoms with Crippen LogP contribution in [0.1, 0.15) is 0 Å². The van der Waals surface area contributed by atoms with Gasteiger partial charge in [0.15, 0.2) is 0 Å². The summed E-state index contributed by atoms with van der Waals surface area (Å²) in [5.41, 5.74) is 0. The number of hydrogen-bond donors (Lipinski definition) is 1. The third-order valence-electron chi connectivity index (χ3n) is 0.992. The maximum Gasteiger partial charge on any atom is 0.0333 e. The van der Waals surface area contributed by atoms with E-state index in [0.29, 0.717) is 0 Å². The monoisotopic (exact) mass is 298 g/mol. The van der Waals surface area contributed by atoms with Crippen molar-refractivity contribution in [1.29, 1.82) is 0 Å². The summed E-state index contributed by atoms with van der Waals surface area (Å²) in [5.74, 6) is 0. The lowest BCUT2D eigenvalue weighted by atomic mass is 10.4. The molecule has 0 unspecified atom stereocenters. The number of rotatable bonds is 1. The molecule has 1 rings (SSSR count). The predicted molar refractivity (Wildman–Crippen MR) is 56.7 cm³/mol. The van der Waals surface area contributed by atoms with Crippen LogP contribution in [0.2, 0.25) is 0 Å². The van der Waals surface area contributed by atoms with Crippen LogP contribution in [0.25, 0.3) is 0 Å². The van der Waals surface area contributed by atoms with Crippen LogP contribution in [0.3, 0.4) is 0 Å². The maximum atomic E-state index is 4.09. The van der Waals surface area contributed by atoms with Gasteiger partial charge in [0.1, 0.15) is 0 Å². The van der Waals surface area contributed by atoms with Gasteiger partial charge in [0.05, 0.1) is 0 Å². The van der Waals surface area contributed by atoms with E-state index in [2.05, 4.69) is 43.5 Å². The van der Waals surface area contributed by atoms with E-state index in [-0.39, 0.29) is 0 Å². The van der Waals surface area contributed by atoms with Crippen molar-refractivity contribution in [2.75, 3.05) is 0 Å². The number of thiol groups is 1. The molecule has 0 saturated carbocycles. The van der Waals surface area contributed by atoms with Gasteiger partial charge in [-0.25, -0.2) is 0 Å². The van der Waals surface area contributed by atoms with Gasteiger partial charge in [-0.2, -0.15) is 0 Å². The molecule has 0 radical (unpaired) electrons. The minimum absolute atomic E-state index is 1.08. The molecule has 0 aliphatic heterocycles. The summed E-state index contributed by atoms with van der Waals surface area (Å²) >= 11 is 10.9. The second-order valence-electron chi connectivity index (χ2n) is 1.67. The highest BCUT2D eigenvalue weighted by Crippen LogP contribution is 2.31. The maximum absolute atomic E-state index is 4.09. The van der Waals surface area contributed by atoms with Crippen LogP contribution in [-0.2, 0) is 0 Å². The van der Waals surface area contributed by atoms with Crippen molar-refractivity contribution in [1.82, 2.24) is 0 Å². The average Bonchev–Trinajstić information content (AvgIpc) is 1.94. The van der Waals surface area contributed by atoms with Gasteiger partial charge >= 0.3 is 0 Å². The highest BCUT2D eigenvalue weighted by Gasteiger charge is 1.97. The van der Waals surface area contributed by atoms with E-state index in [1.165, 1.54) is 10.8 Å². The van der Waals surface area contributed by atoms with Crippen LogP contribution in [0.15, 0.2) is 32.0 Å². The molecule has 0 N–H and O–H groups in total. The third-order valence-corrected chi connectivity index (χ3v) is 3.56. The number of halogens is 2. The van der Waals surface area contributed by atoms with Crippen LogP contribution >= 0.6 is 54.3 Å². The summed E-state index contributed by atoms with van der Waals surface area (Å²) in [4.78, 5) is 1.12. The molecule has 0 nitrogen and oxygen atoms in total. The summed E-state index contributed by atoms with van der Waals surface area (Å²) < 4.78 is 2.16. The Kier molecular flexibility index (Phi) is 3.63. The van der Waals surface area contributed by atoms with Crippen LogP contribution in [0, 0.1) is 0 Å². The van der Waals surface area contributed by atoms with Crippen LogP contribution in [0.4, 0.5) is 0 Å². The molecule has 0 bridgehead atoms. The normalized spacial score (nSPS) is 9.90. The van der Waals surface area contributed by atoms with Crippen LogP contribution in [-0.4, -0.2) is 0 Å². The van der Waals surface area contributed by atoms with Crippen molar-refractivity contribution in [2.24, 2.45) is 0 Å². The lowest BCUT2D eigenvalue weighted by Crippen LogP contribution is -1.70. The molecule has 4 heteroatoms. The van der Waals surface area contributed by atoms with E-state index in [4.69, 9.17) is 0 Å². The van der Waals surface area contributed by atoms with Gasteiger partial charge in [0.2, 0.25) is 0 Å². The zero-order valence-electron chi connectivity index (χ0n) is 4.84. The van der Waals surface area contributed by atoms with Gasteiger partial charge in [-0.15, -0.1) is 11.7 Å². The summed E-state index contributed by atoms with van der Waals surface area (Å²) in [5, 5.41) is 0. The molecule has 0 heterocycles. The molecule has 0 spiro atoms. The van der Waals surface area contributed by atoms with E-state index in [0.717, 1.165) is 13.8 Å². The fourth-order valence-electron chi connectivity index (χ4n) is 0.547. The molecule has 1 aromatic carbocycles. The molecule has 0 aromatic heterocycles. The Hall–Kier alpha value is 0.880. The molecule has 0 fully saturated rings. The highest BCUT2D eigenvalue weighted by molar-refractivity contribution is 9.11. The van der Waals surface area contributed by atoms with Gasteiger partial charge in [-0.3, -0.25) is 0 Å². The standard InChI is InChI=1S/C6H4Br2S2/c7-4-1-2-5(8)6(3-4)10-9/h1-3,9H. The summed E-state index contributed by atoms with van der Waals surface area (Å²) in [7, 11) is 1.43. The van der Waals surface area contributed by atoms with E-state index in [9.17, 15) is 0 Å². The molecular weight excluding hydrogens is 296 g/mol. The Morgan fingerprint density at radius 1 is 1.30 bits per heavy atom. The summed E-state index contributed by atoms with van der Waals surface area (Å²) in [6, 6.07) is 5.99. The minimum atomic E-state index is 1.08. The molecule has 0 atom stereocenters. The van der Waals surface area contributed by atoms with Gasteiger partial charge in [0.25, 0.3) is 0 Å². The topological polar surface area (TPSA) is 0 Å². The van der Waals surface area contributed by atoms with Crippen LogP contribution in [0.5, 0.6) is 0 Å². The predicted octanol–water partition coefficient (Wildman–Crippen LogP) is 4.15. The Balaban J connectivity index is 3.09. The van der Waals surface area contributed by atoms with Crippen molar-refractivity contribution < 1.29 is 0 Å². The summed E-state index contributed by atoms with van der Waals surface area (Å²) in [6.07, 6.45) is 0. The first-order valence-corrected chi connectivity index (χ1v) is 5.96. The number of hydrogen-bond acceptors (Lipinski definition) is 2. The first-order chi connectivity index (χ1) is 4.74. The Morgan fingerprint density at radius 2 is 2.00 bits per heavy atom. The van der Waals surface area contributed by atoms with Crippen LogP contribution < -0.4 is 0 Å². The smallest absolute Gasteiger partial charge is 0.0333 e. The van der Waals surface area contributed by atoms with E-state index in [1.54, 1.807) is 0 Å². The van der Waals surface area contributed by atoms with Crippen molar-refractivity contribution >= 4 is 54.3 Å². The lowest BCUT2D eigenvalue weighted by molar-refractivity contribution is 1.39. The van der Waals surface area contributed by atoms with Crippen molar-refractivity contribution in [3.05, 3.63) is 27.1 Å². The molecule has 10 heavy (non-hydrogen) atoms. The van der Waals surface area contributed by atoms with Gasteiger partial charge in [0, 0.05) is 13.8 Å². The molecule has 54 valence electrons. The largest absolute Gasteiger partial charge is 0.106 e. The lowest BCUT2D eigenvalue weighted by Gasteiger charge is -1.98. The highest BCUT2D eigenvalue weighted by atomic mass is 79.9. The van der Waals surface area contributed by atoms with E-state index >= 15 is 0 Å². The van der Waals surface area contributed by atoms with Crippen molar-refractivity contribution in [2.45, 2.75) is 4.90 Å². The van der Waals surface area contributed by atoms with Crippen molar-refractivity contribution in [3.8, 4) is 0 Å². The minimum Gasteiger partial charge on any atom is -0.106 e. The van der Waals surface area contributed by atoms with Gasteiger partial charge < -0.3 is 0 Å². The number of benzene rings is 1. The second-order valence-corrected chi connectivity index (χ2v) is 4.61. The Bertz CT molecular complexity index is 237. The fourth-order valence-corrected chi connectivity index (χ4v) is 2.71. The molecular formula is C6H4Br2S2. The Labute approximate surface area is 85.8 Å². The van der Waals surface area contributed by atoms with Gasteiger partial charge in [-0.05, 0) is 34.1 Å². The fraction of sp³-hybridized carbons (Fsp3) is 0. The Morgan fingerprint density at radius 3 is 2.50 bits per heavy atom. The zero-order valence-corrected chi connectivity index (χ0v) is 9.73. The average molecular weight is 300 g/mol. The van der Waals surface area contributed by atoms with E-state index in [1.807, 2.05) is 18.2 Å². The second kappa shape index (κ2) is 4.04. The molecule has 0 aliphatic carbocycles. The first kappa shape index (κ1) is 8.97. The molecule has 1 aromatic rings. The van der Waals surface area contributed by atoms with Crippen molar-refractivity contribution in [3.63, 3.8) is 0 Å². The quantitative estimate of drug-likeness (QED) is 0.600. The zero-order chi connectivity index (χ0) is 7.56. The molecule has 0 amide bonds. The van der Waals surface area contributed by atoms with E-state index < -0.39 is 0 Å². The van der Waals surface area contributed by atoms with Gasteiger partial charge in [-0.1, -0.05) is 26.7 Å². The SMILES string of the molecule is SSc1cc(Br)ccc1Br. The third kappa shape index (κ3) is 2.19. The summed E-state index contributed by atoms with van der Waals surface area (Å²) in [6.45, 7) is 0.